The molecule has 0 radical (unpaired) electrons. The van der Waals surface area contributed by atoms with Crippen LogP contribution in [0.3, 0.4) is 0 Å². The number of benzene rings is 2. The molecule has 20 heavy (non-hydrogen) atoms. The van der Waals surface area contributed by atoms with Crippen LogP contribution in [0.25, 0.3) is 0 Å². The molecule has 2 aromatic rings. The van der Waals surface area contributed by atoms with Gasteiger partial charge in [-0.1, -0.05) is 54.6 Å². The zero-order valence-electron chi connectivity index (χ0n) is 11.9. The van der Waals surface area contributed by atoms with Crippen molar-refractivity contribution in [1.82, 2.24) is 10.6 Å². The number of aryl methyl sites for hydroxylation is 1. The topological polar surface area (TPSA) is 41.1 Å². The van der Waals surface area contributed by atoms with Crippen molar-refractivity contribution in [1.29, 1.82) is 0 Å². The van der Waals surface area contributed by atoms with Gasteiger partial charge in [-0.25, -0.2) is 4.79 Å². The smallest absolute Gasteiger partial charge is 0.315 e. The van der Waals surface area contributed by atoms with Gasteiger partial charge in [0.25, 0.3) is 0 Å². The molecule has 0 heterocycles. The van der Waals surface area contributed by atoms with Gasteiger partial charge >= 0.3 is 6.03 Å². The normalized spacial score (nSPS) is 11.7. The standard InChI is InChI=1S/C17H20N2O/c1-13-8-6-7-11-16(13)12-18-17(20)19-14(2)15-9-4-3-5-10-15/h3-11,14H,12H2,1-2H3,(H2,18,19,20). The SMILES string of the molecule is Cc1ccccc1CNC(=O)NC(C)c1ccccc1. The Kier molecular flexibility index (Phi) is 4.77. The molecule has 2 aromatic carbocycles. The lowest BCUT2D eigenvalue weighted by Gasteiger charge is -2.15. The minimum atomic E-state index is -0.149. The molecule has 3 heteroatoms. The van der Waals surface area contributed by atoms with Gasteiger partial charge in [0.1, 0.15) is 0 Å². The fourth-order valence-electron chi connectivity index (χ4n) is 2.06. The van der Waals surface area contributed by atoms with Crippen LogP contribution in [0.4, 0.5) is 4.79 Å². The maximum absolute atomic E-state index is 11.9. The van der Waals surface area contributed by atoms with Crippen molar-refractivity contribution in [2.75, 3.05) is 0 Å². The van der Waals surface area contributed by atoms with Crippen LogP contribution in [0.2, 0.25) is 0 Å². The largest absolute Gasteiger partial charge is 0.334 e. The molecule has 0 aromatic heterocycles. The van der Waals surface area contributed by atoms with Crippen LogP contribution in [0, 0.1) is 6.92 Å². The number of amides is 2. The minimum Gasteiger partial charge on any atom is -0.334 e. The lowest BCUT2D eigenvalue weighted by molar-refractivity contribution is 0.237. The van der Waals surface area contributed by atoms with Crippen LogP contribution in [0.1, 0.15) is 29.7 Å². The van der Waals surface area contributed by atoms with E-state index in [1.807, 2.05) is 68.4 Å². The second kappa shape index (κ2) is 6.75. The van der Waals surface area contributed by atoms with Crippen molar-refractivity contribution in [2.24, 2.45) is 0 Å². The summed E-state index contributed by atoms with van der Waals surface area (Å²) in [5, 5.41) is 5.83. The van der Waals surface area contributed by atoms with E-state index in [9.17, 15) is 4.79 Å². The summed E-state index contributed by atoms with van der Waals surface area (Å²) in [6.07, 6.45) is 0. The van der Waals surface area contributed by atoms with Crippen LogP contribution in [0.15, 0.2) is 54.6 Å². The van der Waals surface area contributed by atoms with Crippen LogP contribution in [-0.4, -0.2) is 6.03 Å². The maximum Gasteiger partial charge on any atom is 0.315 e. The Morgan fingerprint density at radius 3 is 2.40 bits per heavy atom. The van der Waals surface area contributed by atoms with Crippen molar-refractivity contribution < 1.29 is 4.79 Å². The molecule has 0 bridgehead atoms. The maximum atomic E-state index is 11.9. The monoisotopic (exact) mass is 268 g/mol. The molecule has 2 amide bonds. The Morgan fingerprint density at radius 2 is 1.70 bits per heavy atom. The molecule has 104 valence electrons. The molecule has 0 spiro atoms. The lowest BCUT2D eigenvalue weighted by Crippen LogP contribution is -2.36. The number of rotatable bonds is 4. The molecular weight excluding hydrogens is 248 g/mol. The second-order valence-electron chi connectivity index (χ2n) is 4.89. The number of carbonyl (C=O) groups excluding carboxylic acids is 1. The van der Waals surface area contributed by atoms with Crippen molar-refractivity contribution in [2.45, 2.75) is 26.4 Å². The van der Waals surface area contributed by atoms with Gasteiger partial charge < -0.3 is 10.6 Å². The highest BCUT2D eigenvalue weighted by molar-refractivity contribution is 5.74. The molecular formula is C17H20N2O. The Bertz CT molecular complexity index is 566. The summed E-state index contributed by atoms with van der Waals surface area (Å²) >= 11 is 0. The van der Waals surface area contributed by atoms with Gasteiger partial charge in [-0.3, -0.25) is 0 Å². The minimum absolute atomic E-state index is 0.00642. The number of carbonyl (C=O) groups is 1. The third kappa shape index (κ3) is 3.85. The summed E-state index contributed by atoms with van der Waals surface area (Å²) in [4.78, 5) is 11.9. The quantitative estimate of drug-likeness (QED) is 0.874. The number of urea groups is 1. The van der Waals surface area contributed by atoms with Crippen LogP contribution in [-0.2, 0) is 6.54 Å². The third-order valence-electron chi connectivity index (χ3n) is 3.35. The van der Waals surface area contributed by atoms with E-state index in [0.717, 1.165) is 11.1 Å². The van der Waals surface area contributed by atoms with Gasteiger partial charge in [0.05, 0.1) is 6.04 Å². The zero-order chi connectivity index (χ0) is 14.4. The van der Waals surface area contributed by atoms with Crippen molar-refractivity contribution in [3.8, 4) is 0 Å². The first kappa shape index (κ1) is 14.1. The van der Waals surface area contributed by atoms with Gasteiger partial charge in [-0.05, 0) is 30.5 Å². The molecule has 2 N–H and O–H groups in total. The van der Waals surface area contributed by atoms with E-state index in [0.29, 0.717) is 6.54 Å². The second-order valence-corrected chi connectivity index (χ2v) is 4.89. The number of hydrogen-bond donors (Lipinski definition) is 2. The summed E-state index contributed by atoms with van der Waals surface area (Å²) < 4.78 is 0. The first-order valence-electron chi connectivity index (χ1n) is 6.80. The molecule has 0 aliphatic heterocycles. The van der Waals surface area contributed by atoms with E-state index in [4.69, 9.17) is 0 Å². The Morgan fingerprint density at radius 1 is 1.05 bits per heavy atom. The van der Waals surface area contributed by atoms with Crippen LogP contribution in [0.5, 0.6) is 0 Å². The fourth-order valence-corrected chi connectivity index (χ4v) is 2.06. The van der Waals surface area contributed by atoms with Gasteiger partial charge in [-0.15, -0.1) is 0 Å². The van der Waals surface area contributed by atoms with E-state index in [2.05, 4.69) is 10.6 Å². The Labute approximate surface area is 120 Å². The summed E-state index contributed by atoms with van der Waals surface area (Å²) in [6, 6.07) is 17.8. The Balaban J connectivity index is 1.86. The molecule has 2 rings (SSSR count). The number of hydrogen-bond acceptors (Lipinski definition) is 1. The average molecular weight is 268 g/mol. The molecule has 0 saturated heterocycles. The van der Waals surface area contributed by atoms with E-state index >= 15 is 0 Å². The van der Waals surface area contributed by atoms with E-state index < -0.39 is 0 Å². The summed E-state index contributed by atoms with van der Waals surface area (Å²) in [7, 11) is 0. The third-order valence-corrected chi connectivity index (χ3v) is 3.35. The van der Waals surface area contributed by atoms with Crippen molar-refractivity contribution in [3.05, 3.63) is 71.3 Å². The number of nitrogens with one attached hydrogen (secondary N) is 2. The van der Waals surface area contributed by atoms with Crippen molar-refractivity contribution >= 4 is 6.03 Å². The summed E-state index contributed by atoms with van der Waals surface area (Å²) in [6.45, 7) is 4.56. The molecule has 1 atom stereocenters. The van der Waals surface area contributed by atoms with Gasteiger partial charge in [0.2, 0.25) is 0 Å². The van der Waals surface area contributed by atoms with Gasteiger partial charge in [0, 0.05) is 6.54 Å². The highest BCUT2D eigenvalue weighted by atomic mass is 16.2. The highest BCUT2D eigenvalue weighted by Gasteiger charge is 2.08. The molecule has 1 unspecified atom stereocenters. The predicted octanol–water partition coefficient (Wildman–Crippen LogP) is 3.56. The van der Waals surface area contributed by atoms with E-state index in [1.165, 1.54) is 5.56 Å². The molecule has 0 fully saturated rings. The molecule has 0 aliphatic carbocycles. The summed E-state index contributed by atoms with van der Waals surface area (Å²) in [5.41, 5.74) is 3.41. The zero-order valence-corrected chi connectivity index (χ0v) is 11.9. The van der Waals surface area contributed by atoms with Crippen molar-refractivity contribution in [3.63, 3.8) is 0 Å². The first-order valence-corrected chi connectivity index (χ1v) is 6.80. The van der Waals surface area contributed by atoms with Gasteiger partial charge in [-0.2, -0.15) is 0 Å². The van der Waals surface area contributed by atoms with Crippen LogP contribution < -0.4 is 10.6 Å². The summed E-state index contributed by atoms with van der Waals surface area (Å²) in [5.74, 6) is 0. The van der Waals surface area contributed by atoms with Crippen LogP contribution >= 0.6 is 0 Å². The van der Waals surface area contributed by atoms with E-state index in [1.54, 1.807) is 0 Å². The molecule has 0 aliphatic rings. The average Bonchev–Trinajstić information content (AvgIpc) is 2.47. The van der Waals surface area contributed by atoms with Gasteiger partial charge in [0.15, 0.2) is 0 Å². The fraction of sp³-hybridized carbons (Fsp3) is 0.235. The predicted molar refractivity (Wildman–Crippen MR) is 81.4 cm³/mol. The lowest BCUT2D eigenvalue weighted by atomic mass is 10.1. The first-order chi connectivity index (χ1) is 9.66. The highest BCUT2D eigenvalue weighted by Crippen LogP contribution is 2.11. The van der Waals surface area contributed by atoms with E-state index in [-0.39, 0.29) is 12.1 Å². The molecule has 0 saturated carbocycles. The molecule has 3 nitrogen and oxygen atoms in total. The Hall–Kier alpha value is -2.29.